The average Bonchev–Trinajstić information content (AvgIpc) is 2.34. The maximum Gasteiger partial charge on any atom is 0.344 e. The van der Waals surface area contributed by atoms with E-state index in [1.165, 1.54) is 12.8 Å². The van der Waals surface area contributed by atoms with Gasteiger partial charge in [-0.05, 0) is 44.4 Å². The third kappa shape index (κ3) is 5.68. The molecule has 0 aliphatic heterocycles. The second kappa shape index (κ2) is 6.80. The van der Waals surface area contributed by atoms with Crippen molar-refractivity contribution in [3.05, 3.63) is 0 Å². The van der Waals surface area contributed by atoms with Crippen molar-refractivity contribution in [3.63, 3.8) is 0 Å². The second-order valence-electron chi connectivity index (χ2n) is 7.80. The summed E-state index contributed by atoms with van der Waals surface area (Å²) in [5.41, 5.74) is -0.213. The molecule has 0 radical (unpaired) electrons. The fraction of sp³-hybridized carbons (Fsp3) is 0.882. The molecule has 1 aliphatic rings. The summed E-state index contributed by atoms with van der Waals surface area (Å²) in [6, 6.07) is 0. The lowest BCUT2D eigenvalue weighted by Gasteiger charge is -2.42. The van der Waals surface area contributed by atoms with Crippen molar-refractivity contribution in [2.75, 3.05) is 6.61 Å². The molecule has 1 rings (SSSR count). The number of carbonyl (C=O) groups excluding carboxylic acids is 2. The molecule has 0 heterocycles. The predicted molar refractivity (Wildman–Crippen MR) is 81.7 cm³/mol. The highest BCUT2D eigenvalue weighted by Crippen LogP contribution is 2.43. The molecule has 1 saturated carbocycles. The zero-order chi connectivity index (χ0) is 16.3. The SMILES string of the molecule is CC(C)C(=O)OCC(=O)OC(C)(C)C1CCCC(C)(C)C1. The Morgan fingerprint density at radius 3 is 2.43 bits per heavy atom. The van der Waals surface area contributed by atoms with Crippen molar-refractivity contribution in [3.8, 4) is 0 Å². The maximum atomic E-state index is 11.9. The van der Waals surface area contributed by atoms with Gasteiger partial charge in [-0.2, -0.15) is 0 Å². The van der Waals surface area contributed by atoms with Crippen LogP contribution < -0.4 is 0 Å². The zero-order valence-corrected chi connectivity index (χ0v) is 14.3. The van der Waals surface area contributed by atoms with E-state index in [2.05, 4.69) is 13.8 Å². The molecule has 0 amide bonds. The molecular formula is C17H30O4. The lowest BCUT2D eigenvalue weighted by molar-refractivity contribution is -0.174. The summed E-state index contributed by atoms with van der Waals surface area (Å²) in [6.07, 6.45) is 4.52. The summed E-state index contributed by atoms with van der Waals surface area (Å²) >= 11 is 0. The number of hydrogen-bond donors (Lipinski definition) is 0. The van der Waals surface area contributed by atoms with Crippen LogP contribution in [0, 0.1) is 17.3 Å². The predicted octanol–water partition coefficient (Wildman–Crippen LogP) is 3.72. The Bertz CT molecular complexity index is 382. The number of esters is 2. The Balaban J connectivity index is 2.51. The van der Waals surface area contributed by atoms with Crippen molar-refractivity contribution in [2.45, 2.75) is 72.8 Å². The van der Waals surface area contributed by atoms with Crippen molar-refractivity contribution in [2.24, 2.45) is 17.3 Å². The van der Waals surface area contributed by atoms with Crippen molar-refractivity contribution >= 4 is 11.9 Å². The maximum absolute atomic E-state index is 11.9. The molecule has 1 fully saturated rings. The van der Waals surface area contributed by atoms with Crippen LogP contribution in [0.1, 0.15) is 67.2 Å². The van der Waals surface area contributed by atoms with Crippen molar-refractivity contribution in [1.82, 2.24) is 0 Å². The first-order chi connectivity index (χ1) is 9.53. The van der Waals surface area contributed by atoms with Crippen LogP contribution in [0.4, 0.5) is 0 Å². The standard InChI is InChI=1S/C17H30O4/c1-12(2)15(19)20-11-14(18)21-17(5,6)13-8-7-9-16(3,4)10-13/h12-13H,7-11H2,1-6H3. The Labute approximate surface area is 128 Å². The van der Waals surface area contributed by atoms with Gasteiger partial charge in [0.1, 0.15) is 5.60 Å². The van der Waals surface area contributed by atoms with Crippen LogP contribution in [0.25, 0.3) is 0 Å². The Morgan fingerprint density at radius 1 is 1.29 bits per heavy atom. The van der Waals surface area contributed by atoms with E-state index in [0.29, 0.717) is 11.3 Å². The zero-order valence-electron chi connectivity index (χ0n) is 14.3. The highest BCUT2D eigenvalue weighted by atomic mass is 16.6. The van der Waals surface area contributed by atoms with Crippen LogP contribution in [-0.2, 0) is 19.1 Å². The summed E-state index contributed by atoms with van der Waals surface area (Å²) in [5, 5.41) is 0. The van der Waals surface area contributed by atoms with E-state index in [1.807, 2.05) is 13.8 Å². The molecule has 122 valence electrons. The first kappa shape index (κ1) is 18.0. The molecule has 0 saturated heterocycles. The van der Waals surface area contributed by atoms with Gasteiger partial charge in [-0.3, -0.25) is 4.79 Å². The van der Waals surface area contributed by atoms with Gasteiger partial charge in [0.25, 0.3) is 0 Å². The number of hydrogen-bond acceptors (Lipinski definition) is 4. The molecule has 0 aromatic carbocycles. The van der Waals surface area contributed by atoms with Crippen LogP contribution >= 0.6 is 0 Å². The van der Waals surface area contributed by atoms with Crippen LogP contribution in [-0.4, -0.2) is 24.1 Å². The third-order valence-corrected chi connectivity index (χ3v) is 4.37. The summed E-state index contributed by atoms with van der Waals surface area (Å²) in [7, 11) is 0. The van der Waals surface area contributed by atoms with Crippen LogP contribution in [0.3, 0.4) is 0 Å². The molecule has 0 aromatic rings. The van der Waals surface area contributed by atoms with Crippen LogP contribution in [0.15, 0.2) is 0 Å². The third-order valence-electron chi connectivity index (χ3n) is 4.37. The van der Waals surface area contributed by atoms with Gasteiger partial charge < -0.3 is 9.47 Å². The van der Waals surface area contributed by atoms with Gasteiger partial charge in [0, 0.05) is 0 Å². The van der Waals surface area contributed by atoms with Gasteiger partial charge >= 0.3 is 11.9 Å². The average molecular weight is 298 g/mol. The summed E-state index contributed by atoms with van der Waals surface area (Å²) in [5.74, 6) is -0.711. The van der Waals surface area contributed by atoms with Gasteiger partial charge in [-0.25, -0.2) is 4.79 Å². The van der Waals surface area contributed by atoms with Gasteiger partial charge in [-0.15, -0.1) is 0 Å². The summed E-state index contributed by atoms with van der Waals surface area (Å²) < 4.78 is 10.5. The molecule has 1 aliphatic carbocycles. The molecule has 4 nitrogen and oxygen atoms in total. The minimum atomic E-state index is -0.515. The van der Waals surface area contributed by atoms with Crippen molar-refractivity contribution in [1.29, 1.82) is 0 Å². The monoisotopic (exact) mass is 298 g/mol. The van der Waals surface area contributed by atoms with Crippen LogP contribution in [0.2, 0.25) is 0 Å². The summed E-state index contributed by atoms with van der Waals surface area (Å²) in [4.78, 5) is 23.3. The summed E-state index contributed by atoms with van der Waals surface area (Å²) in [6.45, 7) is 11.6. The minimum Gasteiger partial charge on any atom is -0.457 e. The Morgan fingerprint density at radius 2 is 1.90 bits per heavy atom. The van der Waals surface area contributed by atoms with Gasteiger partial charge in [0.15, 0.2) is 6.61 Å². The molecular weight excluding hydrogens is 268 g/mol. The molecule has 0 bridgehead atoms. The van der Waals surface area contributed by atoms with E-state index in [1.54, 1.807) is 13.8 Å². The highest BCUT2D eigenvalue weighted by molar-refractivity contribution is 5.77. The van der Waals surface area contributed by atoms with Gasteiger partial charge in [0.2, 0.25) is 0 Å². The molecule has 0 aromatic heterocycles. The second-order valence-corrected chi connectivity index (χ2v) is 7.80. The van der Waals surface area contributed by atoms with E-state index >= 15 is 0 Å². The molecule has 1 unspecified atom stereocenters. The first-order valence-corrected chi connectivity index (χ1v) is 7.92. The van der Waals surface area contributed by atoms with E-state index in [0.717, 1.165) is 12.8 Å². The quantitative estimate of drug-likeness (QED) is 0.726. The Kier molecular flexibility index (Phi) is 5.83. The molecule has 0 spiro atoms. The molecule has 4 heteroatoms. The number of rotatable bonds is 5. The molecule has 1 atom stereocenters. The largest absolute Gasteiger partial charge is 0.457 e. The Hall–Kier alpha value is -1.06. The van der Waals surface area contributed by atoms with Gasteiger partial charge in [0.05, 0.1) is 5.92 Å². The van der Waals surface area contributed by atoms with E-state index < -0.39 is 11.6 Å². The topological polar surface area (TPSA) is 52.6 Å². The van der Waals surface area contributed by atoms with E-state index in [-0.39, 0.29) is 18.5 Å². The van der Waals surface area contributed by atoms with Crippen LogP contribution in [0.5, 0.6) is 0 Å². The first-order valence-electron chi connectivity index (χ1n) is 7.92. The fourth-order valence-electron chi connectivity index (χ4n) is 2.99. The fourth-order valence-corrected chi connectivity index (χ4v) is 2.99. The normalized spacial score (nSPS) is 22.0. The molecule has 21 heavy (non-hydrogen) atoms. The highest BCUT2D eigenvalue weighted by Gasteiger charge is 2.39. The lowest BCUT2D eigenvalue weighted by Crippen LogP contribution is -2.42. The smallest absolute Gasteiger partial charge is 0.344 e. The molecule has 0 N–H and O–H groups in total. The van der Waals surface area contributed by atoms with Gasteiger partial charge in [-0.1, -0.05) is 34.1 Å². The number of carbonyl (C=O) groups is 2. The van der Waals surface area contributed by atoms with Crippen molar-refractivity contribution < 1.29 is 19.1 Å². The minimum absolute atomic E-state index is 0.232. The van der Waals surface area contributed by atoms with E-state index in [9.17, 15) is 9.59 Å². The lowest BCUT2D eigenvalue weighted by atomic mass is 9.67. The number of ether oxygens (including phenoxy) is 2. The van der Waals surface area contributed by atoms with E-state index in [4.69, 9.17) is 9.47 Å².